The highest BCUT2D eigenvalue weighted by atomic mass is 35.5. The number of nitrogens with zero attached hydrogens (tertiary/aromatic N) is 1. The van der Waals surface area contributed by atoms with Gasteiger partial charge in [0, 0.05) is 6.20 Å². The van der Waals surface area contributed by atoms with Crippen LogP contribution in [-0.4, -0.2) is 17.1 Å². The fourth-order valence-corrected chi connectivity index (χ4v) is 1.00. The summed E-state index contributed by atoms with van der Waals surface area (Å²) in [6, 6.07) is 1.19. The first-order valence-corrected chi connectivity index (χ1v) is 4.40. The van der Waals surface area contributed by atoms with Crippen LogP contribution >= 0.6 is 11.6 Å². The maximum atomic E-state index is 13.0. The summed E-state index contributed by atoms with van der Waals surface area (Å²) in [5.74, 6) is -1.63. The van der Waals surface area contributed by atoms with Crippen molar-refractivity contribution in [2.45, 2.75) is 20.0 Å². The lowest BCUT2D eigenvalue weighted by Gasteiger charge is -2.07. The molecule has 0 amide bonds. The molecule has 0 bridgehead atoms. The second kappa shape index (κ2) is 4.37. The van der Waals surface area contributed by atoms with Gasteiger partial charge in [0.25, 0.3) is 0 Å². The first-order chi connectivity index (χ1) is 6.50. The summed E-state index contributed by atoms with van der Waals surface area (Å²) in [4.78, 5) is 14.6. The lowest BCUT2D eigenvalue weighted by atomic mass is 10.3. The third kappa shape index (κ3) is 2.67. The van der Waals surface area contributed by atoms with Crippen LogP contribution in [0.1, 0.15) is 24.2 Å². The van der Waals surface area contributed by atoms with Crippen LogP contribution in [0.2, 0.25) is 5.02 Å². The van der Waals surface area contributed by atoms with Crippen LogP contribution in [-0.2, 0) is 4.74 Å². The minimum atomic E-state index is -0.875. The van der Waals surface area contributed by atoms with E-state index in [2.05, 4.69) is 4.98 Å². The lowest BCUT2D eigenvalue weighted by Crippen LogP contribution is -2.13. The van der Waals surface area contributed by atoms with Crippen molar-refractivity contribution in [3.05, 3.63) is 28.8 Å². The van der Waals surface area contributed by atoms with E-state index < -0.39 is 11.9 Å². The van der Waals surface area contributed by atoms with Crippen LogP contribution in [0.15, 0.2) is 12.3 Å². The zero-order chi connectivity index (χ0) is 10.7. The van der Waals surface area contributed by atoms with Crippen LogP contribution < -0.4 is 0 Å². The molecule has 1 heterocycles. The van der Waals surface area contributed by atoms with Crippen molar-refractivity contribution in [1.82, 2.24) is 4.98 Å². The van der Waals surface area contributed by atoms with Crippen molar-refractivity contribution in [2.24, 2.45) is 0 Å². The van der Waals surface area contributed by atoms with Gasteiger partial charge in [0.15, 0.2) is 0 Å². The number of esters is 1. The van der Waals surface area contributed by atoms with Gasteiger partial charge in [-0.2, -0.15) is 4.39 Å². The zero-order valence-corrected chi connectivity index (χ0v) is 8.51. The molecule has 0 unspecified atom stereocenters. The van der Waals surface area contributed by atoms with Gasteiger partial charge >= 0.3 is 5.97 Å². The van der Waals surface area contributed by atoms with Crippen molar-refractivity contribution in [3.63, 3.8) is 0 Å². The molecule has 0 saturated heterocycles. The van der Waals surface area contributed by atoms with Crippen LogP contribution in [0.4, 0.5) is 4.39 Å². The van der Waals surface area contributed by atoms with E-state index in [9.17, 15) is 9.18 Å². The minimum absolute atomic E-state index is 0.196. The van der Waals surface area contributed by atoms with Gasteiger partial charge in [-0.15, -0.1) is 0 Å². The Morgan fingerprint density at radius 1 is 1.64 bits per heavy atom. The molecule has 0 spiro atoms. The highest BCUT2D eigenvalue weighted by Crippen LogP contribution is 2.13. The lowest BCUT2D eigenvalue weighted by molar-refractivity contribution is 0.0371. The van der Waals surface area contributed by atoms with E-state index in [1.807, 2.05) is 0 Å². The molecule has 0 aliphatic carbocycles. The molecule has 1 rings (SSSR count). The second-order valence-electron chi connectivity index (χ2n) is 2.95. The molecule has 0 fully saturated rings. The van der Waals surface area contributed by atoms with Crippen LogP contribution in [0.3, 0.4) is 0 Å². The summed E-state index contributed by atoms with van der Waals surface area (Å²) in [7, 11) is 0. The molecular weight excluding hydrogens is 209 g/mol. The largest absolute Gasteiger partial charge is 0.459 e. The second-order valence-corrected chi connectivity index (χ2v) is 3.38. The first-order valence-electron chi connectivity index (χ1n) is 4.02. The van der Waals surface area contributed by atoms with E-state index in [1.165, 1.54) is 6.07 Å². The van der Waals surface area contributed by atoms with Gasteiger partial charge in [-0.05, 0) is 19.9 Å². The molecule has 0 aromatic carbocycles. The quantitative estimate of drug-likeness (QED) is 0.564. The van der Waals surface area contributed by atoms with E-state index in [0.29, 0.717) is 0 Å². The number of carbonyl (C=O) groups excluding carboxylic acids is 1. The van der Waals surface area contributed by atoms with E-state index in [4.69, 9.17) is 16.3 Å². The summed E-state index contributed by atoms with van der Waals surface area (Å²) in [5, 5.41) is 0.196. The number of ether oxygens (including phenoxy) is 1. The fourth-order valence-electron chi connectivity index (χ4n) is 0.843. The highest BCUT2D eigenvalue weighted by molar-refractivity contribution is 6.30. The SMILES string of the molecule is CC(C)OC(=O)c1cc(Cl)cnc1F. The summed E-state index contributed by atoms with van der Waals surface area (Å²) in [5.41, 5.74) is -0.244. The Kier molecular flexibility index (Phi) is 3.41. The number of rotatable bonds is 2. The predicted octanol–water partition coefficient (Wildman–Crippen LogP) is 2.44. The average Bonchev–Trinajstić information content (AvgIpc) is 2.08. The predicted molar refractivity (Wildman–Crippen MR) is 49.8 cm³/mol. The van der Waals surface area contributed by atoms with Crippen LogP contribution in [0, 0.1) is 5.95 Å². The van der Waals surface area contributed by atoms with Crippen LogP contribution in [0.5, 0.6) is 0 Å². The van der Waals surface area contributed by atoms with Crippen molar-refractivity contribution >= 4 is 17.6 Å². The highest BCUT2D eigenvalue weighted by Gasteiger charge is 2.15. The Labute approximate surface area is 85.9 Å². The molecule has 1 aromatic heterocycles. The number of aromatic nitrogens is 1. The molecule has 3 nitrogen and oxygen atoms in total. The summed E-state index contributed by atoms with van der Waals surface area (Å²) < 4.78 is 17.8. The normalized spacial score (nSPS) is 10.4. The van der Waals surface area contributed by atoms with Crippen molar-refractivity contribution in [1.29, 1.82) is 0 Å². The number of carbonyl (C=O) groups is 1. The molecule has 0 aliphatic heterocycles. The van der Waals surface area contributed by atoms with Gasteiger partial charge < -0.3 is 4.74 Å². The van der Waals surface area contributed by atoms with Crippen molar-refractivity contribution < 1.29 is 13.9 Å². The summed E-state index contributed by atoms with van der Waals surface area (Å²) >= 11 is 5.56. The summed E-state index contributed by atoms with van der Waals surface area (Å²) in [6.07, 6.45) is 0.823. The van der Waals surface area contributed by atoms with E-state index >= 15 is 0 Å². The molecule has 0 saturated carbocycles. The molecule has 1 aromatic rings. The molecule has 76 valence electrons. The Morgan fingerprint density at radius 2 is 2.29 bits per heavy atom. The van der Waals surface area contributed by atoms with Crippen molar-refractivity contribution in [2.75, 3.05) is 0 Å². The van der Waals surface area contributed by atoms with Gasteiger partial charge in [-0.25, -0.2) is 9.78 Å². The molecule has 0 N–H and O–H groups in total. The van der Waals surface area contributed by atoms with E-state index in [-0.39, 0.29) is 16.7 Å². The van der Waals surface area contributed by atoms with Crippen molar-refractivity contribution in [3.8, 4) is 0 Å². The Balaban J connectivity index is 2.94. The fraction of sp³-hybridized carbons (Fsp3) is 0.333. The smallest absolute Gasteiger partial charge is 0.343 e. The monoisotopic (exact) mass is 217 g/mol. The Morgan fingerprint density at radius 3 is 2.86 bits per heavy atom. The topological polar surface area (TPSA) is 39.2 Å². The zero-order valence-electron chi connectivity index (χ0n) is 7.75. The number of halogens is 2. The number of hydrogen-bond acceptors (Lipinski definition) is 3. The molecule has 0 atom stereocenters. The standard InChI is InChI=1S/C9H9ClFNO2/c1-5(2)14-9(13)7-3-6(10)4-12-8(7)11/h3-5H,1-2H3. The average molecular weight is 218 g/mol. The molecule has 0 radical (unpaired) electrons. The van der Waals surface area contributed by atoms with Gasteiger partial charge in [0.05, 0.1) is 11.1 Å². The van der Waals surface area contributed by atoms with Crippen LogP contribution in [0.25, 0.3) is 0 Å². The number of pyridine rings is 1. The molecule has 14 heavy (non-hydrogen) atoms. The van der Waals surface area contributed by atoms with E-state index in [1.54, 1.807) is 13.8 Å². The summed E-state index contributed by atoms with van der Waals surface area (Å²) in [6.45, 7) is 3.35. The van der Waals surface area contributed by atoms with E-state index in [0.717, 1.165) is 6.20 Å². The molecule has 0 aliphatic rings. The van der Waals surface area contributed by atoms with Gasteiger partial charge in [0.2, 0.25) is 5.95 Å². The van der Waals surface area contributed by atoms with Gasteiger partial charge in [-0.3, -0.25) is 0 Å². The third-order valence-corrected chi connectivity index (χ3v) is 1.58. The Bertz CT molecular complexity index is 355. The maximum Gasteiger partial charge on any atom is 0.343 e. The maximum absolute atomic E-state index is 13.0. The van der Waals surface area contributed by atoms with Gasteiger partial charge in [-0.1, -0.05) is 11.6 Å². The first kappa shape index (κ1) is 10.9. The Hall–Kier alpha value is -1.16. The molecular formula is C9H9ClFNO2. The minimum Gasteiger partial charge on any atom is -0.459 e. The number of hydrogen-bond donors (Lipinski definition) is 0. The third-order valence-electron chi connectivity index (χ3n) is 1.37. The van der Waals surface area contributed by atoms with Gasteiger partial charge in [0.1, 0.15) is 5.56 Å². The molecule has 5 heteroatoms.